The van der Waals surface area contributed by atoms with Crippen LogP contribution in [0.2, 0.25) is 10.0 Å². The Balaban J connectivity index is 1.42. The number of hydrogen-bond acceptors (Lipinski definition) is 6. The van der Waals surface area contributed by atoms with E-state index in [0.29, 0.717) is 41.1 Å². The summed E-state index contributed by atoms with van der Waals surface area (Å²) in [6.07, 6.45) is 0. The van der Waals surface area contributed by atoms with E-state index >= 15 is 0 Å². The Kier molecular flexibility index (Phi) is 4.85. The first-order valence-corrected chi connectivity index (χ1v) is 10.7. The van der Waals surface area contributed by atoms with Crippen LogP contribution in [-0.2, 0) is 13.1 Å². The van der Waals surface area contributed by atoms with Crippen LogP contribution >= 0.6 is 34.5 Å². The van der Waals surface area contributed by atoms with E-state index in [0.717, 1.165) is 26.8 Å². The first-order valence-electron chi connectivity index (χ1n) is 9.15. The van der Waals surface area contributed by atoms with E-state index < -0.39 is 0 Å². The van der Waals surface area contributed by atoms with Gasteiger partial charge in [-0.05, 0) is 36.4 Å². The van der Waals surface area contributed by atoms with Crippen molar-refractivity contribution in [2.75, 3.05) is 13.7 Å². The lowest BCUT2D eigenvalue weighted by molar-refractivity contribution is 0.0708. The molecule has 10 heteroatoms. The van der Waals surface area contributed by atoms with Crippen LogP contribution in [0.3, 0.4) is 0 Å². The molecule has 0 bridgehead atoms. The molecule has 0 saturated heterocycles. The molecule has 0 aliphatic carbocycles. The van der Waals surface area contributed by atoms with Crippen LogP contribution in [0.4, 0.5) is 0 Å². The van der Waals surface area contributed by atoms with Crippen LogP contribution in [0.25, 0.3) is 21.0 Å². The summed E-state index contributed by atoms with van der Waals surface area (Å²) in [6.45, 7) is 1.49. The fourth-order valence-electron chi connectivity index (χ4n) is 3.43. The van der Waals surface area contributed by atoms with Crippen molar-refractivity contribution in [3.8, 4) is 16.6 Å². The molecule has 1 aliphatic rings. The molecule has 7 nitrogen and oxygen atoms in total. The topological polar surface area (TPSA) is 73.1 Å². The SMILES string of the molecule is COc1ccc2nc(-c3nnc4n3CCN(C(=O)c3ccc(Cl)c(Cl)c3)C4)sc2c1. The summed E-state index contributed by atoms with van der Waals surface area (Å²) in [4.78, 5) is 19.3. The second-order valence-corrected chi connectivity index (χ2v) is 8.64. The highest BCUT2D eigenvalue weighted by Gasteiger charge is 2.27. The molecule has 0 fully saturated rings. The minimum atomic E-state index is -0.114. The Bertz CT molecular complexity index is 1290. The molecule has 2 aromatic heterocycles. The maximum atomic E-state index is 12.9. The summed E-state index contributed by atoms with van der Waals surface area (Å²) in [5.41, 5.74) is 1.39. The summed E-state index contributed by atoms with van der Waals surface area (Å²) >= 11 is 13.6. The lowest BCUT2D eigenvalue weighted by atomic mass is 10.2. The fraction of sp³-hybridized carbons (Fsp3) is 0.200. The molecule has 2 aromatic carbocycles. The number of thiazole rings is 1. The molecule has 1 amide bonds. The minimum absolute atomic E-state index is 0.114. The van der Waals surface area contributed by atoms with E-state index in [-0.39, 0.29) is 5.91 Å². The van der Waals surface area contributed by atoms with Crippen LogP contribution in [0, 0.1) is 0 Å². The molecule has 1 aliphatic heterocycles. The molecule has 152 valence electrons. The zero-order valence-electron chi connectivity index (χ0n) is 15.8. The fourth-order valence-corrected chi connectivity index (χ4v) is 4.71. The second kappa shape index (κ2) is 7.54. The van der Waals surface area contributed by atoms with Gasteiger partial charge in [0.25, 0.3) is 5.91 Å². The summed E-state index contributed by atoms with van der Waals surface area (Å²) in [5.74, 6) is 2.11. The number of amides is 1. The average Bonchev–Trinajstić information content (AvgIpc) is 3.37. The zero-order chi connectivity index (χ0) is 20.8. The zero-order valence-corrected chi connectivity index (χ0v) is 18.1. The third-order valence-corrected chi connectivity index (χ3v) is 6.75. The van der Waals surface area contributed by atoms with Gasteiger partial charge in [0.05, 0.1) is 33.9 Å². The molecule has 0 radical (unpaired) electrons. The van der Waals surface area contributed by atoms with Crippen molar-refractivity contribution in [1.29, 1.82) is 0 Å². The number of ether oxygens (including phenoxy) is 1. The maximum Gasteiger partial charge on any atom is 0.254 e. The summed E-state index contributed by atoms with van der Waals surface area (Å²) in [7, 11) is 1.64. The van der Waals surface area contributed by atoms with Gasteiger partial charge >= 0.3 is 0 Å². The molecule has 0 atom stereocenters. The average molecular weight is 460 g/mol. The van der Waals surface area contributed by atoms with Gasteiger partial charge in [-0.15, -0.1) is 21.5 Å². The first kappa shape index (κ1) is 19.3. The van der Waals surface area contributed by atoms with Gasteiger partial charge in [-0.1, -0.05) is 23.2 Å². The normalized spacial score (nSPS) is 13.5. The lowest BCUT2D eigenvalue weighted by Gasteiger charge is -2.27. The predicted molar refractivity (Wildman–Crippen MR) is 116 cm³/mol. The standard InChI is InChI=1S/C20H15Cl2N5O2S/c1-29-12-3-5-15-16(9-12)30-19(23-15)18-25-24-17-10-26(6-7-27(17)18)20(28)11-2-4-13(21)14(22)8-11/h2-5,8-9H,6-7,10H2,1H3. The van der Waals surface area contributed by atoms with E-state index in [4.69, 9.17) is 32.9 Å². The monoisotopic (exact) mass is 459 g/mol. The van der Waals surface area contributed by atoms with Gasteiger partial charge in [-0.3, -0.25) is 4.79 Å². The van der Waals surface area contributed by atoms with Gasteiger partial charge in [0.15, 0.2) is 16.7 Å². The van der Waals surface area contributed by atoms with Crippen LogP contribution in [0.1, 0.15) is 16.2 Å². The van der Waals surface area contributed by atoms with Gasteiger partial charge < -0.3 is 14.2 Å². The van der Waals surface area contributed by atoms with Gasteiger partial charge in [0.2, 0.25) is 0 Å². The van der Waals surface area contributed by atoms with Gasteiger partial charge in [-0.25, -0.2) is 4.98 Å². The third kappa shape index (κ3) is 3.30. The summed E-state index contributed by atoms with van der Waals surface area (Å²) in [5, 5.41) is 10.2. The van der Waals surface area contributed by atoms with Crippen molar-refractivity contribution in [2.45, 2.75) is 13.1 Å². The van der Waals surface area contributed by atoms with E-state index in [1.807, 2.05) is 22.8 Å². The number of rotatable bonds is 3. The smallest absolute Gasteiger partial charge is 0.254 e. The van der Waals surface area contributed by atoms with Crippen molar-refractivity contribution < 1.29 is 9.53 Å². The highest BCUT2D eigenvalue weighted by Crippen LogP contribution is 2.32. The van der Waals surface area contributed by atoms with Crippen molar-refractivity contribution >= 4 is 50.7 Å². The Morgan fingerprint density at radius 2 is 1.97 bits per heavy atom. The number of fused-ring (bicyclic) bond motifs is 2. The Hall–Kier alpha value is -2.68. The Morgan fingerprint density at radius 3 is 2.77 bits per heavy atom. The minimum Gasteiger partial charge on any atom is -0.497 e. The number of aromatic nitrogens is 4. The highest BCUT2D eigenvalue weighted by molar-refractivity contribution is 7.21. The van der Waals surface area contributed by atoms with Crippen molar-refractivity contribution in [3.05, 3.63) is 57.8 Å². The van der Waals surface area contributed by atoms with Crippen LogP contribution in [0.5, 0.6) is 5.75 Å². The maximum absolute atomic E-state index is 12.9. The molecular weight excluding hydrogens is 445 g/mol. The number of nitrogens with zero attached hydrogens (tertiary/aromatic N) is 5. The van der Waals surface area contributed by atoms with Gasteiger partial charge in [-0.2, -0.15) is 0 Å². The quantitative estimate of drug-likeness (QED) is 0.449. The summed E-state index contributed by atoms with van der Waals surface area (Å²) in [6, 6.07) is 10.7. The molecule has 5 rings (SSSR count). The van der Waals surface area contributed by atoms with Crippen LogP contribution in [-0.4, -0.2) is 44.2 Å². The van der Waals surface area contributed by atoms with Gasteiger partial charge in [0, 0.05) is 18.7 Å². The van der Waals surface area contributed by atoms with Crippen LogP contribution < -0.4 is 4.74 Å². The van der Waals surface area contributed by atoms with Crippen molar-refractivity contribution in [3.63, 3.8) is 0 Å². The lowest BCUT2D eigenvalue weighted by Crippen LogP contribution is -2.38. The third-order valence-electron chi connectivity index (χ3n) is 4.99. The van der Waals surface area contributed by atoms with E-state index in [1.54, 1.807) is 41.5 Å². The molecule has 0 unspecified atom stereocenters. The molecular formula is C20H15Cl2N5O2S. The highest BCUT2D eigenvalue weighted by atomic mass is 35.5. The number of hydrogen-bond donors (Lipinski definition) is 0. The van der Waals surface area contributed by atoms with E-state index in [2.05, 4.69) is 10.2 Å². The number of benzene rings is 2. The molecule has 0 spiro atoms. The van der Waals surface area contributed by atoms with E-state index in [9.17, 15) is 4.79 Å². The predicted octanol–water partition coefficient (Wildman–Crippen LogP) is 4.53. The van der Waals surface area contributed by atoms with E-state index in [1.165, 1.54) is 0 Å². The molecule has 0 saturated carbocycles. The Labute approximate surface area is 185 Å². The first-order chi connectivity index (χ1) is 14.5. The van der Waals surface area contributed by atoms with Crippen LogP contribution in [0.15, 0.2) is 36.4 Å². The molecule has 4 aromatic rings. The largest absolute Gasteiger partial charge is 0.497 e. The second-order valence-electron chi connectivity index (χ2n) is 6.80. The number of halogens is 2. The number of carbonyl (C=O) groups excluding carboxylic acids is 1. The number of methoxy groups -OCH3 is 1. The van der Waals surface area contributed by atoms with Gasteiger partial charge in [0.1, 0.15) is 5.75 Å². The summed E-state index contributed by atoms with van der Waals surface area (Å²) < 4.78 is 8.33. The van der Waals surface area contributed by atoms with Crippen molar-refractivity contribution in [1.82, 2.24) is 24.6 Å². The van der Waals surface area contributed by atoms with Crippen molar-refractivity contribution in [2.24, 2.45) is 0 Å². The number of carbonyl (C=O) groups is 1. The Morgan fingerprint density at radius 1 is 1.10 bits per heavy atom. The molecule has 0 N–H and O–H groups in total. The molecule has 30 heavy (non-hydrogen) atoms. The molecule has 3 heterocycles.